The van der Waals surface area contributed by atoms with Gasteiger partial charge >= 0.3 is 0 Å². The van der Waals surface area contributed by atoms with Crippen LogP contribution in [0.1, 0.15) is 43.4 Å². The maximum Gasteiger partial charge on any atom is 0.240 e. The van der Waals surface area contributed by atoms with E-state index in [9.17, 15) is 4.79 Å². The van der Waals surface area contributed by atoms with Gasteiger partial charge in [0.15, 0.2) is 0 Å². The van der Waals surface area contributed by atoms with Gasteiger partial charge in [0, 0.05) is 12.8 Å². The second-order valence-corrected chi connectivity index (χ2v) is 7.51. The van der Waals surface area contributed by atoms with E-state index in [0.717, 1.165) is 47.6 Å². The lowest BCUT2D eigenvalue weighted by atomic mass is 9.77. The number of hydrogen-bond acceptors (Lipinski definition) is 4. The molecule has 2 aromatic rings. The van der Waals surface area contributed by atoms with Crippen molar-refractivity contribution in [2.24, 2.45) is 11.0 Å². The number of methoxy groups -OCH3 is 2. The highest BCUT2D eigenvalue weighted by Gasteiger charge is 2.42. The number of benzene rings is 2. The summed E-state index contributed by atoms with van der Waals surface area (Å²) in [7, 11) is 3.33. The van der Waals surface area contributed by atoms with Gasteiger partial charge in [-0.3, -0.25) is 4.79 Å². The molecule has 2 atom stereocenters. The van der Waals surface area contributed by atoms with Gasteiger partial charge in [0.05, 0.1) is 26.0 Å². The van der Waals surface area contributed by atoms with Crippen molar-refractivity contribution < 1.29 is 14.3 Å². The summed E-state index contributed by atoms with van der Waals surface area (Å²) in [4.78, 5) is 12.4. The molecule has 1 heterocycles. The minimum absolute atomic E-state index is 0.0310. The monoisotopic (exact) mass is 390 g/mol. The first-order valence-corrected chi connectivity index (χ1v) is 9.98. The molecule has 1 aliphatic carbocycles. The predicted molar refractivity (Wildman–Crippen MR) is 114 cm³/mol. The molecule has 1 fully saturated rings. The van der Waals surface area contributed by atoms with Gasteiger partial charge < -0.3 is 9.47 Å². The summed E-state index contributed by atoms with van der Waals surface area (Å²) in [6.07, 6.45) is 5.28. The van der Waals surface area contributed by atoms with Crippen molar-refractivity contribution in [3.05, 3.63) is 65.2 Å². The van der Waals surface area contributed by atoms with E-state index in [4.69, 9.17) is 14.6 Å². The maximum absolute atomic E-state index is 12.4. The number of ether oxygens (including phenoxy) is 2. The zero-order valence-corrected chi connectivity index (χ0v) is 17.1. The van der Waals surface area contributed by atoms with Crippen molar-refractivity contribution in [2.75, 3.05) is 14.2 Å². The fraction of sp³-hybridized carbons (Fsp3) is 0.333. The first-order valence-electron chi connectivity index (χ1n) is 9.98. The van der Waals surface area contributed by atoms with Crippen LogP contribution < -0.4 is 9.47 Å². The molecule has 4 rings (SSSR count). The fourth-order valence-corrected chi connectivity index (χ4v) is 4.30. The Kier molecular flexibility index (Phi) is 5.38. The number of allylic oxidation sites excluding steroid dienone is 1. The quantitative estimate of drug-likeness (QED) is 0.750. The second kappa shape index (κ2) is 8.11. The van der Waals surface area contributed by atoms with E-state index in [-0.39, 0.29) is 17.9 Å². The van der Waals surface area contributed by atoms with Gasteiger partial charge in [-0.1, -0.05) is 24.3 Å². The molecule has 5 heteroatoms. The Labute approximate surface area is 171 Å². The Morgan fingerprint density at radius 1 is 1.03 bits per heavy atom. The Bertz CT molecular complexity index is 945. The Balaban J connectivity index is 1.68. The van der Waals surface area contributed by atoms with Crippen molar-refractivity contribution in [1.29, 1.82) is 0 Å². The van der Waals surface area contributed by atoms with Crippen LogP contribution in [-0.4, -0.2) is 30.8 Å². The predicted octanol–water partition coefficient (Wildman–Crippen LogP) is 4.85. The van der Waals surface area contributed by atoms with E-state index in [1.165, 1.54) is 5.57 Å². The smallest absolute Gasteiger partial charge is 0.240 e. The van der Waals surface area contributed by atoms with Gasteiger partial charge in [-0.25, -0.2) is 5.01 Å². The summed E-state index contributed by atoms with van der Waals surface area (Å²) in [5.74, 6) is 1.84. The average Bonchev–Trinajstić information content (AvgIpc) is 3.15. The van der Waals surface area contributed by atoms with Crippen LogP contribution in [0.15, 0.2) is 59.2 Å². The van der Waals surface area contributed by atoms with Gasteiger partial charge in [-0.15, -0.1) is 0 Å². The van der Waals surface area contributed by atoms with Crippen molar-refractivity contribution in [1.82, 2.24) is 5.01 Å². The van der Waals surface area contributed by atoms with Crippen molar-refractivity contribution in [3.8, 4) is 11.5 Å². The topological polar surface area (TPSA) is 51.1 Å². The van der Waals surface area contributed by atoms with Crippen LogP contribution in [0.5, 0.6) is 11.5 Å². The standard InChI is InChI=1S/C24H26N2O3/c1-16(27)26-24(18-9-13-21(29-3)14-10-18)22-6-4-5-19(23(22)25-26)15-17-7-11-20(28-2)12-8-17/h7-15,22,24H,4-6H2,1-3H3/b19-15-. The van der Waals surface area contributed by atoms with E-state index in [1.54, 1.807) is 26.2 Å². The fourth-order valence-electron chi connectivity index (χ4n) is 4.30. The number of hydrogen-bond donors (Lipinski definition) is 0. The third kappa shape index (κ3) is 3.77. The first-order chi connectivity index (χ1) is 14.1. The number of rotatable bonds is 4. The molecule has 1 amide bonds. The van der Waals surface area contributed by atoms with Crippen molar-refractivity contribution in [2.45, 2.75) is 32.2 Å². The third-order valence-electron chi connectivity index (χ3n) is 5.74. The molecule has 0 saturated heterocycles. The molecule has 0 aromatic heterocycles. The molecule has 0 bridgehead atoms. The summed E-state index contributed by atoms with van der Waals surface area (Å²) >= 11 is 0. The summed E-state index contributed by atoms with van der Waals surface area (Å²) in [5, 5.41) is 6.46. The number of fused-ring (bicyclic) bond motifs is 1. The van der Waals surface area contributed by atoms with Crippen LogP contribution in [0.2, 0.25) is 0 Å². The molecule has 0 N–H and O–H groups in total. The number of carbonyl (C=O) groups excluding carboxylic acids is 1. The van der Waals surface area contributed by atoms with E-state index < -0.39 is 0 Å². The first kappa shape index (κ1) is 19.2. The molecule has 2 aromatic carbocycles. The Morgan fingerprint density at radius 3 is 2.24 bits per heavy atom. The molecule has 2 unspecified atom stereocenters. The molecule has 0 spiro atoms. The molecule has 150 valence electrons. The lowest BCUT2D eigenvalue weighted by Gasteiger charge is -2.29. The van der Waals surface area contributed by atoms with E-state index in [1.807, 2.05) is 36.4 Å². The molecule has 1 aliphatic heterocycles. The maximum atomic E-state index is 12.4. The summed E-state index contributed by atoms with van der Waals surface area (Å²) < 4.78 is 10.5. The van der Waals surface area contributed by atoms with E-state index >= 15 is 0 Å². The largest absolute Gasteiger partial charge is 0.497 e. The zero-order valence-electron chi connectivity index (χ0n) is 17.1. The average molecular weight is 390 g/mol. The second-order valence-electron chi connectivity index (χ2n) is 7.51. The van der Waals surface area contributed by atoms with Crippen molar-refractivity contribution >= 4 is 17.7 Å². The lowest BCUT2D eigenvalue weighted by Crippen LogP contribution is -2.30. The molecule has 5 nitrogen and oxygen atoms in total. The number of nitrogens with zero attached hydrogens (tertiary/aromatic N) is 2. The summed E-state index contributed by atoms with van der Waals surface area (Å²) in [5.41, 5.74) is 4.47. The molecule has 1 saturated carbocycles. The minimum atomic E-state index is -0.0621. The highest BCUT2D eigenvalue weighted by Crippen LogP contribution is 2.44. The van der Waals surface area contributed by atoms with Crippen molar-refractivity contribution in [3.63, 3.8) is 0 Å². The van der Waals surface area contributed by atoms with Gasteiger partial charge in [-0.05, 0) is 66.3 Å². The molecule has 29 heavy (non-hydrogen) atoms. The van der Waals surface area contributed by atoms with Crippen LogP contribution in [-0.2, 0) is 4.79 Å². The summed E-state index contributed by atoms with van der Waals surface area (Å²) in [6, 6.07) is 15.9. The molecule has 2 aliphatic rings. The number of amides is 1. The zero-order chi connectivity index (χ0) is 20.4. The SMILES string of the molecule is COc1ccc(/C=C2/CCCC3C2=NN(C(C)=O)C3c2ccc(OC)cc2)cc1. The Morgan fingerprint density at radius 2 is 1.66 bits per heavy atom. The minimum Gasteiger partial charge on any atom is -0.497 e. The van der Waals surface area contributed by atoms with Crippen LogP contribution in [0, 0.1) is 5.92 Å². The highest BCUT2D eigenvalue weighted by molar-refractivity contribution is 6.08. The lowest BCUT2D eigenvalue weighted by molar-refractivity contribution is -0.131. The van der Waals surface area contributed by atoms with Gasteiger partial charge in [0.2, 0.25) is 5.91 Å². The highest BCUT2D eigenvalue weighted by atomic mass is 16.5. The van der Waals surface area contributed by atoms with Crippen LogP contribution >= 0.6 is 0 Å². The van der Waals surface area contributed by atoms with Gasteiger partial charge in [-0.2, -0.15) is 5.10 Å². The normalized spacial score (nSPS) is 22.2. The summed E-state index contributed by atoms with van der Waals surface area (Å²) in [6.45, 7) is 1.59. The van der Waals surface area contributed by atoms with Gasteiger partial charge in [0.25, 0.3) is 0 Å². The molecule has 0 radical (unpaired) electrons. The molecular weight excluding hydrogens is 364 g/mol. The third-order valence-corrected chi connectivity index (χ3v) is 5.74. The van der Waals surface area contributed by atoms with Gasteiger partial charge in [0.1, 0.15) is 11.5 Å². The Hall–Kier alpha value is -3.08. The number of hydrazone groups is 1. The van der Waals surface area contributed by atoms with E-state index in [2.05, 4.69) is 18.2 Å². The van der Waals surface area contributed by atoms with Crippen LogP contribution in [0.4, 0.5) is 0 Å². The van der Waals surface area contributed by atoms with Crippen LogP contribution in [0.3, 0.4) is 0 Å². The van der Waals surface area contributed by atoms with Crippen LogP contribution in [0.25, 0.3) is 6.08 Å². The molecular formula is C24H26N2O3. The number of carbonyl (C=O) groups is 1. The van der Waals surface area contributed by atoms with E-state index in [0.29, 0.717) is 0 Å².